The Hall–Kier alpha value is -2.36. The molecular weight excluding hydrogens is 422 g/mol. The molecule has 0 aliphatic carbocycles. The van der Waals surface area contributed by atoms with Crippen molar-refractivity contribution in [2.75, 3.05) is 0 Å². The molecule has 188 valence electrons. The standard InChI is InChI=1S/C30H45NO3/c1-2-3-4-5-6-7-8-9-10-11-12-13-14-15-23-29(32)31-28(30(33)34)24-26-21-18-20-25-19-16-17-22-27(25)26/h16-22,28H,2-15,23-24H2,1H3,(H,31,32)(H,33,34)/t28-/m0/s1. The van der Waals surface area contributed by atoms with Crippen LogP contribution < -0.4 is 5.32 Å². The van der Waals surface area contributed by atoms with Crippen LogP contribution in [0.4, 0.5) is 0 Å². The number of carbonyl (C=O) groups is 2. The Labute approximate surface area is 206 Å². The lowest BCUT2D eigenvalue weighted by atomic mass is 9.98. The molecule has 4 nitrogen and oxygen atoms in total. The quantitative estimate of drug-likeness (QED) is 0.207. The van der Waals surface area contributed by atoms with Crippen LogP contribution in [0.5, 0.6) is 0 Å². The van der Waals surface area contributed by atoms with Crippen molar-refractivity contribution in [3.05, 3.63) is 48.0 Å². The fourth-order valence-corrected chi connectivity index (χ4v) is 4.64. The molecule has 0 fully saturated rings. The molecule has 34 heavy (non-hydrogen) atoms. The van der Waals surface area contributed by atoms with Gasteiger partial charge in [0.25, 0.3) is 0 Å². The summed E-state index contributed by atoms with van der Waals surface area (Å²) in [7, 11) is 0. The second kappa shape index (κ2) is 17.1. The highest BCUT2D eigenvalue weighted by Gasteiger charge is 2.21. The number of carboxylic acids is 1. The molecule has 1 atom stereocenters. The van der Waals surface area contributed by atoms with E-state index in [-0.39, 0.29) is 5.91 Å². The van der Waals surface area contributed by atoms with E-state index in [1.807, 2.05) is 42.5 Å². The van der Waals surface area contributed by atoms with Crippen LogP contribution in [-0.4, -0.2) is 23.0 Å². The van der Waals surface area contributed by atoms with Crippen molar-refractivity contribution in [2.24, 2.45) is 0 Å². The van der Waals surface area contributed by atoms with E-state index < -0.39 is 12.0 Å². The zero-order valence-corrected chi connectivity index (χ0v) is 21.2. The number of benzene rings is 2. The number of fused-ring (bicyclic) bond motifs is 1. The third-order valence-corrected chi connectivity index (χ3v) is 6.69. The van der Waals surface area contributed by atoms with Gasteiger partial charge >= 0.3 is 5.97 Å². The van der Waals surface area contributed by atoms with Crippen molar-refractivity contribution < 1.29 is 14.7 Å². The third-order valence-electron chi connectivity index (χ3n) is 6.69. The molecule has 0 aliphatic heterocycles. The first-order valence-electron chi connectivity index (χ1n) is 13.6. The molecule has 2 aromatic carbocycles. The number of hydrogen-bond donors (Lipinski definition) is 2. The first-order valence-corrected chi connectivity index (χ1v) is 13.6. The van der Waals surface area contributed by atoms with Gasteiger partial charge in [0.15, 0.2) is 0 Å². The normalized spacial score (nSPS) is 12.0. The van der Waals surface area contributed by atoms with Crippen LogP contribution in [0.15, 0.2) is 42.5 Å². The summed E-state index contributed by atoms with van der Waals surface area (Å²) < 4.78 is 0. The zero-order valence-electron chi connectivity index (χ0n) is 21.2. The maximum absolute atomic E-state index is 12.4. The molecular formula is C30H45NO3. The van der Waals surface area contributed by atoms with Gasteiger partial charge in [-0.1, -0.05) is 133 Å². The lowest BCUT2D eigenvalue weighted by Gasteiger charge is -2.16. The number of unbranched alkanes of at least 4 members (excludes halogenated alkanes) is 13. The third kappa shape index (κ3) is 11.2. The molecule has 0 spiro atoms. The smallest absolute Gasteiger partial charge is 0.326 e. The van der Waals surface area contributed by atoms with Gasteiger partial charge in [-0.25, -0.2) is 4.79 Å². The van der Waals surface area contributed by atoms with Gasteiger partial charge in [-0.15, -0.1) is 0 Å². The SMILES string of the molecule is CCCCCCCCCCCCCCCCC(=O)N[C@@H](Cc1cccc2ccccc12)C(=O)O. The molecule has 0 aliphatic rings. The van der Waals surface area contributed by atoms with E-state index in [2.05, 4.69) is 12.2 Å². The largest absolute Gasteiger partial charge is 0.480 e. The Morgan fingerprint density at radius 2 is 1.26 bits per heavy atom. The Bertz CT molecular complexity index is 843. The van der Waals surface area contributed by atoms with Crippen LogP contribution in [-0.2, 0) is 16.0 Å². The van der Waals surface area contributed by atoms with Gasteiger partial charge in [-0.05, 0) is 22.8 Å². The van der Waals surface area contributed by atoms with E-state index in [9.17, 15) is 14.7 Å². The van der Waals surface area contributed by atoms with Gasteiger partial charge in [-0.2, -0.15) is 0 Å². The van der Waals surface area contributed by atoms with E-state index >= 15 is 0 Å². The first-order chi connectivity index (χ1) is 16.6. The molecule has 0 aromatic heterocycles. The van der Waals surface area contributed by atoms with Crippen LogP contribution in [0, 0.1) is 0 Å². The molecule has 4 heteroatoms. The van der Waals surface area contributed by atoms with Crippen LogP contribution in [0.3, 0.4) is 0 Å². The average molecular weight is 468 g/mol. The molecule has 1 amide bonds. The van der Waals surface area contributed by atoms with Gasteiger partial charge in [0.05, 0.1) is 0 Å². The minimum Gasteiger partial charge on any atom is -0.480 e. The number of aliphatic carboxylic acids is 1. The monoisotopic (exact) mass is 467 g/mol. The predicted octanol–water partition coefficient (Wildman–Crippen LogP) is 7.82. The summed E-state index contributed by atoms with van der Waals surface area (Å²) in [5.74, 6) is -1.14. The highest BCUT2D eigenvalue weighted by molar-refractivity contribution is 5.88. The van der Waals surface area contributed by atoms with Crippen molar-refractivity contribution in [1.29, 1.82) is 0 Å². The summed E-state index contributed by atoms with van der Waals surface area (Å²) in [5.41, 5.74) is 0.947. The van der Waals surface area contributed by atoms with Crippen molar-refractivity contribution in [3.8, 4) is 0 Å². The number of rotatable bonds is 19. The average Bonchev–Trinajstić information content (AvgIpc) is 2.84. The second-order valence-corrected chi connectivity index (χ2v) is 9.65. The number of nitrogens with one attached hydrogen (secondary N) is 1. The van der Waals surface area contributed by atoms with E-state index in [0.717, 1.165) is 35.6 Å². The van der Waals surface area contributed by atoms with Crippen molar-refractivity contribution in [3.63, 3.8) is 0 Å². The van der Waals surface area contributed by atoms with Crippen molar-refractivity contribution in [1.82, 2.24) is 5.32 Å². The number of carbonyl (C=O) groups excluding carboxylic acids is 1. The summed E-state index contributed by atoms with van der Waals surface area (Å²) in [4.78, 5) is 24.1. The van der Waals surface area contributed by atoms with Crippen molar-refractivity contribution >= 4 is 22.6 Å². The Morgan fingerprint density at radius 1 is 0.735 bits per heavy atom. The Kier molecular flexibility index (Phi) is 14.0. The van der Waals surface area contributed by atoms with Crippen LogP contribution in [0.25, 0.3) is 10.8 Å². The lowest BCUT2D eigenvalue weighted by molar-refractivity contribution is -0.141. The fraction of sp³-hybridized carbons (Fsp3) is 0.600. The lowest BCUT2D eigenvalue weighted by Crippen LogP contribution is -2.42. The summed E-state index contributed by atoms with van der Waals surface area (Å²) in [5, 5.41) is 14.5. The van der Waals surface area contributed by atoms with E-state index in [1.165, 1.54) is 70.6 Å². The van der Waals surface area contributed by atoms with E-state index in [1.54, 1.807) is 0 Å². The van der Waals surface area contributed by atoms with Crippen LogP contribution >= 0.6 is 0 Å². The first kappa shape index (κ1) is 27.9. The zero-order chi connectivity index (χ0) is 24.4. The molecule has 0 heterocycles. The van der Waals surface area contributed by atoms with Gasteiger partial charge in [-0.3, -0.25) is 4.79 Å². The molecule has 2 rings (SSSR count). The molecule has 0 saturated carbocycles. The Balaban J connectivity index is 1.55. The highest BCUT2D eigenvalue weighted by Crippen LogP contribution is 2.20. The summed E-state index contributed by atoms with van der Waals surface area (Å²) in [6.07, 6.45) is 18.6. The molecule has 0 unspecified atom stereocenters. The maximum Gasteiger partial charge on any atom is 0.326 e. The molecule has 0 radical (unpaired) electrons. The minimum atomic E-state index is -0.984. The van der Waals surface area contributed by atoms with Gasteiger partial charge in [0, 0.05) is 12.8 Å². The molecule has 2 aromatic rings. The van der Waals surface area contributed by atoms with Gasteiger partial charge in [0.2, 0.25) is 5.91 Å². The van der Waals surface area contributed by atoms with Gasteiger partial charge in [0.1, 0.15) is 6.04 Å². The maximum atomic E-state index is 12.4. The minimum absolute atomic E-state index is 0.161. The second-order valence-electron chi connectivity index (χ2n) is 9.65. The highest BCUT2D eigenvalue weighted by atomic mass is 16.4. The van der Waals surface area contributed by atoms with E-state index in [4.69, 9.17) is 0 Å². The molecule has 2 N–H and O–H groups in total. The number of carboxylic acid groups (broad SMARTS) is 1. The van der Waals surface area contributed by atoms with Crippen LogP contribution in [0.1, 0.15) is 109 Å². The summed E-state index contributed by atoms with van der Waals surface area (Å²) in [6.45, 7) is 2.26. The van der Waals surface area contributed by atoms with E-state index in [0.29, 0.717) is 12.8 Å². The molecule has 0 saturated heterocycles. The Morgan fingerprint density at radius 3 is 1.85 bits per heavy atom. The summed E-state index contributed by atoms with van der Waals surface area (Å²) in [6, 6.07) is 12.9. The predicted molar refractivity (Wildman–Crippen MR) is 142 cm³/mol. The number of hydrogen-bond acceptors (Lipinski definition) is 2. The van der Waals surface area contributed by atoms with Crippen LogP contribution in [0.2, 0.25) is 0 Å². The summed E-state index contributed by atoms with van der Waals surface area (Å²) >= 11 is 0. The topological polar surface area (TPSA) is 66.4 Å². The molecule has 0 bridgehead atoms. The fourth-order valence-electron chi connectivity index (χ4n) is 4.64. The van der Waals surface area contributed by atoms with Gasteiger partial charge < -0.3 is 10.4 Å². The number of amides is 1. The van der Waals surface area contributed by atoms with Crippen molar-refractivity contribution in [2.45, 2.75) is 116 Å².